The van der Waals surface area contributed by atoms with Crippen LogP contribution < -0.4 is 21.2 Å². The van der Waals surface area contributed by atoms with Crippen LogP contribution >= 0.6 is 0 Å². The lowest BCUT2D eigenvalue weighted by molar-refractivity contribution is -0.597. The van der Waals surface area contributed by atoms with Gasteiger partial charge in [-0.2, -0.15) is 39.5 Å². The van der Waals surface area contributed by atoms with Crippen LogP contribution in [0.3, 0.4) is 0 Å². The quantitative estimate of drug-likeness (QED) is 0.229. The standard InChI is InChI=1S/C20H21IO4.C4HF9O3S/c1-19(2,17(22)23)13-5-9-15(10-6-13)21-16-11-7-14(8-12-16)20(3,4)18(24)25;5-1(6,3(9,10)11)2(7,8)4(12,13)17(14,15)16/h5-12H,1-4H3,(H-,22,23,24,25);(H,14,15,16). The van der Waals surface area contributed by atoms with Gasteiger partial charge in [-0.3, -0.25) is 9.59 Å². The Hall–Kier alpha value is -2.61. The summed E-state index contributed by atoms with van der Waals surface area (Å²) in [5.74, 6) is -16.5. The Morgan fingerprint density at radius 3 is 1.14 bits per heavy atom. The largest absolute Gasteiger partial charge is 0.743 e. The average Bonchev–Trinajstić information content (AvgIpc) is 2.83. The van der Waals surface area contributed by atoms with E-state index in [1.54, 1.807) is 27.7 Å². The number of carbonyl (C=O) groups is 2. The maximum atomic E-state index is 12.2. The molecule has 0 saturated carbocycles. The van der Waals surface area contributed by atoms with Crippen molar-refractivity contribution in [1.82, 2.24) is 0 Å². The van der Waals surface area contributed by atoms with E-state index in [9.17, 15) is 72.3 Å². The number of halogens is 10. The topological polar surface area (TPSA) is 132 Å². The lowest BCUT2D eigenvalue weighted by Crippen LogP contribution is -3.61. The SMILES string of the molecule is CC(C)(C(=O)O)c1ccc([I+]c2ccc(C(C)(C)C(=O)O)cc2)cc1.O=S(=O)([O-])C(F)(F)C(F)(F)C(F)(F)C(F)(F)F. The van der Waals surface area contributed by atoms with Crippen LogP contribution in [0.1, 0.15) is 38.8 Å². The van der Waals surface area contributed by atoms with Crippen molar-refractivity contribution in [3.63, 3.8) is 0 Å². The Morgan fingerprint density at radius 2 is 0.929 bits per heavy atom. The molecule has 2 rings (SSSR count). The van der Waals surface area contributed by atoms with Gasteiger partial charge in [0, 0.05) is 0 Å². The van der Waals surface area contributed by atoms with Crippen molar-refractivity contribution in [2.45, 2.75) is 61.8 Å². The minimum atomic E-state index is -7.43. The normalized spacial score (nSPS) is 13.7. The van der Waals surface area contributed by atoms with E-state index in [1.165, 1.54) is 7.14 Å². The highest BCUT2D eigenvalue weighted by molar-refractivity contribution is 7.86. The van der Waals surface area contributed by atoms with Crippen LogP contribution in [0, 0.1) is 7.14 Å². The van der Waals surface area contributed by atoms with Crippen molar-refractivity contribution in [3.8, 4) is 0 Å². The Labute approximate surface area is 243 Å². The third kappa shape index (κ3) is 7.47. The molecule has 0 aliphatic heterocycles. The van der Waals surface area contributed by atoms with E-state index < -0.39 is 77.4 Å². The number of carboxylic acids is 2. The summed E-state index contributed by atoms with van der Waals surface area (Å²) >= 11 is -0.397. The van der Waals surface area contributed by atoms with Gasteiger partial charge in [0.15, 0.2) is 17.3 Å². The number of hydrogen-bond donors (Lipinski definition) is 2. The highest BCUT2D eigenvalue weighted by atomic mass is 127. The van der Waals surface area contributed by atoms with Gasteiger partial charge in [-0.05, 0) is 63.1 Å². The number of hydrogen-bond acceptors (Lipinski definition) is 5. The summed E-state index contributed by atoms with van der Waals surface area (Å²) in [4.78, 5) is 22.6. The van der Waals surface area contributed by atoms with Crippen molar-refractivity contribution in [2.75, 3.05) is 0 Å². The molecule has 0 bridgehead atoms. The highest BCUT2D eigenvalue weighted by Gasteiger charge is 2.83. The summed E-state index contributed by atoms with van der Waals surface area (Å²) < 4.78 is 138. The van der Waals surface area contributed by atoms with Gasteiger partial charge < -0.3 is 14.8 Å². The number of rotatable bonds is 9. The van der Waals surface area contributed by atoms with Crippen LogP contribution in [-0.2, 0) is 30.5 Å². The fourth-order valence-electron chi connectivity index (χ4n) is 2.75. The molecule has 7 nitrogen and oxygen atoms in total. The molecule has 2 aromatic carbocycles. The first kappa shape index (κ1) is 37.4. The van der Waals surface area contributed by atoms with E-state index in [0.29, 0.717) is 0 Å². The van der Waals surface area contributed by atoms with Gasteiger partial charge in [-0.25, -0.2) is 8.42 Å². The molecule has 0 unspecified atom stereocenters. The summed E-state index contributed by atoms with van der Waals surface area (Å²) in [6.07, 6.45) is -7.16. The van der Waals surface area contributed by atoms with E-state index in [0.717, 1.165) is 11.1 Å². The number of carboxylic acid groups (broad SMARTS) is 2. The minimum absolute atomic E-state index is 0.397. The zero-order valence-corrected chi connectivity index (χ0v) is 24.7. The van der Waals surface area contributed by atoms with Crippen LogP contribution in [0.15, 0.2) is 48.5 Å². The third-order valence-electron chi connectivity index (χ3n) is 5.85. The molecule has 0 radical (unpaired) electrons. The van der Waals surface area contributed by atoms with Crippen molar-refractivity contribution >= 4 is 22.1 Å². The van der Waals surface area contributed by atoms with E-state index in [-0.39, 0.29) is 0 Å². The molecule has 0 amide bonds. The first-order valence-corrected chi connectivity index (χ1v) is 14.6. The predicted molar refractivity (Wildman–Crippen MR) is 122 cm³/mol. The fraction of sp³-hybridized carbons (Fsp3) is 0.417. The molecule has 0 fully saturated rings. The molecule has 2 N–H and O–H groups in total. The van der Waals surface area contributed by atoms with Gasteiger partial charge in [-0.1, -0.05) is 24.3 Å². The molecule has 2 aromatic rings. The zero-order chi connectivity index (χ0) is 33.3. The average molecular weight is 752 g/mol. The third-order valence-corrected chi connectivity index (χ3v) is 9.42. The molecular formula is C24H22F9IO7S. The Kier molecular flexibility index (Phi) is 10.8. The summed E-state index contributed by atoms with van der Waals surface area (Å²) in [6.45, 7) is 6.79. The first-order valence-electron chi connectivity index (χ1n) is 11.0. The number of alkyl halides is 9. The minimum Gasteiger partial charge on any atom is -0.743 e. The van der Waals surface area contributed by atoms with E-state index in [2.05, 4.69) is 0 Å². The molecule has 0 atom stereocenters. The molecule has 0 aliphatic rings. The lowest BCUT2D eigenvalue weighted by Gasteiger charge is -2.34. The fourth-order valence-corrected chi connectivity index (χ4v) is 5.35. The van der Waals surface area contributed by atoms with Gasteiger partial charge >= 0.3 is 56.4 Å². The first-order chi connectivity index (χ1) is 18.5. The number of benzene rings is 2. The van der Waals surface area contributed by atoms with Gasteiger partial charge in [0.25, 0.3) is 0 Å². The van der Waals surface area contributed by atoms with Crippen molar-refractivity contribution < 1.29 is 93.5 Å². The van der Waals surface area contributed by atoms with Crippen LogP contribution in [0.2, 0.25) is 0 Å². The maximum Gasteiger partial charge on any atom is 0.460 e. The van der Waals surface area contributed by atoms with Gasteiger partial charge in [0.2, 0.25) is 0 Å². The number of aliphatic carboxylic acids is 2. The molecule has 18 heteroatoms. The van der Waals surface area contributed by atoms with Crippen LogP contribution in [0.5, 0.6) is 0 Å². The monoisotopic (exact) mass is 752 g/mol. The second kappa shape index (κ2) is 12.2. The Morgan fingerprint density at radius 1 is 0.643 bits per heavy atom. The molecule has 0 heterocycles. The summed E-state index contributed by atoms with van der Waals surface area (Å²) in [5, 5.41) is 11.5. The van der Waals surface area contributed by atoms with E-state index in [4.69, 9.17) is 0 Å². The molecule has 0 aliphatic carbocycles. The molecular weight excluding hydrogens is 730 g/mol. The maximum absolute atomic E-state index is 12.2. The Bertz CT molecular complexity index is 1320. The van der Waals surface area contributed by atoms with Gasteiger partial charge in [0.05, 0.1) is 10.8 Å². The van der Waals surface area contributed by atoms with Crippen LogP contribution in [-0.4, -0.2) is 58.4 Å². The van der Waals surface area contributed by atoms with Gasteiger partial charge in [0.1, 0.15) is 0 Å². The molecule has 236 valence electrons. The summed E-state index contributed by atoms with van der Waals surface area (Å²) in [6, 6.07) is 15.5. The molecule has 42 heavy (non-hydrogen) atoms. The second-order valence-corrected chi connectivity index (χ2v) is 14.0. The highest BCUT2D eigenvalue weighted by Crippen LogP contribution is 2.54. The molecule has 0 aromatic heterocycles. The van der Waals surface area contributed by atoms with Crippen molar-refractivity contribution in [1.29, 1.82) is 0 Å². The summed E-state index contributed by atoms with van der Waals surface area (Å²) in [7, 11) is -7.42. The van der Waals surface area contributed by atoms with Crippen LogP contribution in [0.25, 0.3) is 0 Å². The smallest absolute Gasteiger partial charge is 0.460 e. The molecule has 0 saturated heterocycles. The van der Waals surface area contributed by atoms with E-state index >= 15 is 0 Å². The summed E-state index contributed by atoms with van der Waals surface area (Å²) in [5.41, 5.74) is -0.236. The van der Waals surface area contributed by atoms with Gasteiger partial charge in [-0.15, -0.1) is 0 Å². The van der Waals surface area contributed by atoms with Crippen molar-refractivity contribution in [2.24, 2.45) is 0 Å². The Balaban J connectivity index is 0.000000456. The lowest BCUT2D eigenvalue weighted by atomic mass is 9.85. The van der Waals surface area contributed by atoms with Crippen LogP contribution in [0.4, 0.5) is 39.5 Å². The predicted octanol–water partition coefficient (Wildman–Crippen LogP) is 2.50. The zero-order valence-electron chi connectivity index (χ0n) is 21.7. The second-order valence-electron chi connectivity index (χ2n) is 9.59. The molecule has 0 spiro atoms. The van der Waals surface area contributed by atoms with E-state index in [1.807, 2.05) is 48.5 Å². The van der Waals surface area contributed by atoms with Crippen molar-refractivity contribution in [3.05, 3.63) is 66.8 Å².